The lowest BCUT2D eigenvalue weighted by Crippen LogP contribution is -1.90. The monoisotopic (exact) mass is 209 g/mol. The summed E-state index contributed by atoms with van der Waals surface area (Å²) in [5.74, 6) is 0. The van der Waals surface area contributed by atoms with Crippen molar-refractivity contribution in [3.8, 4) is 12.1 Å². The van der Waals surface area contributed by atoms with E-state index in [1.54, 1.807) is 18.5 Å². The SMILES string of the molecule is N#CC(C#N)=CNc1cccc2[nH]cnc12. The third-order valence-corrected chi connectivity index (χ3v) is 2.06. The molecule has 5 heteroatoms. The lowest BCUT2D eigenvalue weighted by molar-refractivity contribution is 1.34. The van der Waals surface area contributed by atoms with Gasteiger partial charge in [0.1, 0.15) is 23.2 Å². The molecule has 0 aliphatic heterocycles. The smallest absolute Gasteiger partial charge is 0.145 e. The minimum absolute atomic E-state index is 0.0209. The zero-order valence-electron chi connectivity index (χ0n) is 8.23. The highest BCUT2D eigenvalue weighted by atomic mass is 14.9. The Hall–Kier alpha value is -2.79. The highest BCUT2D eigenvalue weighted by Crippen LogP contribution is 2.19. The molecule has 5 nitrogen and oxygen atoms in total. The molecule has 0 saturated carbocycles. The summed E-state index contributed by atoms with van der Waals surface area (Å²) in [5.41, 5.74) is 2.44. The molecule has 1 aromatic heterocycles. The quantitative estimate of drug-likeness (QED) is 0.739. The van der Waals surface area contributed by atoms with Gasteiger partial charge in [0.15, 0.2) is 0 Å². The van der Waals surface area contributed by atoms with Crippen molar-refractivity contribution in [2.24, 2.45) is 0 Å². The normalized spacial score (nSPS) is 9.12. The highest BCUT2D eigenvalue weighted by Gasteiger charge is 2.01. The maximum atomic E-state index is 8.57. The van der Waals surface area contributed by atoms with E-state index in [2.05, 4.69) is 15.3 Å². The standard InChI is InChI=1S/C11H7N5/c12-4-8(5-13)6-14-9-2-1-3-10-11(9)16-7-15-10/h1-3,6-7,14H,(H,15,16). The van der Waals surface area contributed by atoms with Gasteiger partial charge in [0.25, 0.3) is 0 Å². The van der Waals surface area contributed by atoms with Crippen LogP contribution < -0.4 is 5.32 Å². The number of H-pyrrole nitrogens is 1. The van der Waals surface area contributed by atoms with Gasteiger partial charge in [0.05, 0.1) is 17.5 Å². The van der Waals surface area contributed by atoms with E-state index in [0.717, 1.165) is 16.7 Å². The summed E-state index contributed by atoms with van der Waals surface area (Å²) < 4.78 is 0. The Kier molecular flexibility index (Phi) is 2.53. The zero-order valence-corrected chi connectivity index (χ0v) is 8.23. The molecule has 0 aliphatic carbocycles. The van der Waals surface area contributed by atoms with E-state index in [-0.39, 0.29) is 5.57 Å². The van der Waals surface area contributed by atoms with Crippen LogP contribution in [0.5, 0.6) is 0 Å². The first-order chi connectivity index (χ1) is 7.85. The summed E-state index contributed by atoms with van der Waals surface area (Å²) in [6.07, 6.45) is 2.96. The molecule has 0 aliphatic rings. The Balaban J connectivity index is 2.36. The van der Waals surface area contributed by atoms with Crippen molar-refractivity contribution in [3.63, 3.8) is 0 Å². The lowest BCUT2D eigenvalue weighted by atomic mass is 10.2. The number of para-hydroxylation sites is 1. The van der Waals surface area contributed by atoms with Crippen molar-refractivity contribution >= 4 is 16.7 Å². The first-order valence-corrected chi connectivity index (χ1v) is 4.54. The van der Waals surface area contributed by atoms with E-state index >= 15 is 0 Å². The average molecular weight is 209 g/mol. The fourth-order valence-electron chi connectivity index (χ4n) is 1.32. The van der Waals surface area contributed by atoms with E-state index in [0.29, 0.717) is 0 Å². The highest BCUT2D eigenvalue weighted by molar-refractivity contribution is 5.88. The Labute approximate surface area is 91.6 Å². The van der Waals surface area contributed by atoms with Crippen molar-refractivity contribution in [2.75, 3.05) is 5.32 Å². The van der Waals surface area contributed by atoms with Crippen molar-refractivity contribution in [3.05, 3.63) is 36.3 Å². The molecule has 0 radical (unpaired) electrons. The van der Waals surface area contributed by atoms with Crippen LogP contribution >= 0.6 is 0 Å². The minimum Gasteiger partial charge on any atom is -0.358 e. The number of aromatic nitrogens is 2. The second-order valence-corrected chi connectivity index (χ2v) is 3.03. The molecule has 76 valence electrons. The number of aromatic amines is 1. The molecule has 1 aromatic carbocycles. The number of fused-ring (bicyclic) bond motifs is 1. The third kappa shape index (κ3) is 1.70. The summed E-state index contributed by atoms with van der Waals surface area (Å²) in [6, 6.07) is 9.12. The molecule has 0 fully saturated rings. The zero-order chi connectivity index (χ0) is 11.4. The van der Waals surface area contributed by atoms with Gasteiger partial charge < -0.3 is 10.3 Å². The van der Waals surface area contributed by atoms with Crippen molar-refractivity contribution in [2.45, 2.75) is 0 Å². The number of imidazole rings is 1. The molecular weight excluding hydrogens is 202 g/mol. The maximum absolute atomic E-state index is 8.57. The summed E-state index contributed by atoms with van der Waals surface area (Å²) >= 11 is 0. The van der Waals surface area contributed by atoms with Crippen LogP contribution in [0, 0.1) is 22.7 Å². The lowest BCUT2D eigenvalue weighted by Gasteiger charge is -2.00. The molecule has 0 unspecified atom stereocenters. The van der Waals surface area contributed by atoms with E-state index in [1.807, 2.05) is 18.2 Å². The first kappa shape index (κ1) is 9.75. The summed E-state index contributed by atoms with van der Waals surface area (Å²) in [6.45, 7) is 0. The fourth-order valence-corrected chi connectivity index (χ4v) is 1.32. The van der Waals surface area contributed by atoms with E-state index in [1.165, 1.54) is 6.20 Å². The minimum atomic E-state index is 0.0209. The number of nitrogens with one attached hydrogen (secondary N) is 2. The molecule has 0 saturated heterocycles. The van der Waals surface area contributed by atoms with E-state index in [4.69, 9.17) is 10.5 Å². The Morgan fingerprint density at radius 2 is 2.19 bits per heavy atom. The number of hydrogen-bond donors (Lipinski definition) is 2. The van der Waals surface area contributed by atoms with Crippen LogP contribution in [0.1, 0.15) is 0 Å². The first-order valence-electron chi connectivity index (χ1n) is 4.54. The fraction of sp³-hybridized carbons (Fsp3) is 0. The van der Waals surface area contributed by atoms with Crippen LogP contribution in [0.25, 0.3) is 11.0 Å². The number of rotatable bonds is 2. The number of hydrogen-bond acceptors (Lipinski definition) is 4. The van der Waals surface area contributed by atoms with Gasteiger partial charge >= 0.3 is 0 Å². The largest absolute Gasteiger partial charge is 0.358 e. The predicted octanol–water partition coefficient (Wildman–Crippen LogP) is 1.91. The second-order valence-electron chi connectivity index (χ2n) is 3.03. The second kappa shape index (κ2) is 4.16. The van der Waals surface area contributed by atoms with Gasteiger partial charge in [-0.25, -0.2) is 4.98 Å². The molecule has 1 heterocycles. The Morgan fingerprint density at radius 3 is 2.94 bits per heavy atom. The van der Waals surface area contributed by atoms with E-state index < -0.39 is 0 Å². The average Bonchev–Trinajstić information content (AvgIpc) is 2.79. The van der Waals surface area contributed by atoms with Crippen LogP contribution in [0.2, 0.25) is 0 Å². The molecule has 0 bridgehead atoms. The summed E-state index contributed by atoms with van der Waals surface area (Å²) in [5, 5.41) is 20.0. The molecular formula is C11H7N5. The van der Waals surface area contributed by atoms with Gasteiger partial charge in [0.2, 0.25) is 0 Å². The number of allylic oxidation sites excluding steroid dienone is 1. The third-order valence-electron chi connectivity index (χ3n) is 2.06. The Bertz CT molecular complexity index is 608. The van der Waals surface area contributed by atoms with Crippen LogP contribution in [0.3, 0.4) is 0 Å². The number of benzene rings is 1. The van der Waals surface area contributed by atoms with Gasteiger partial charge in [-0.3, -0.25) is 0 Å². The van der Waals surface area contributed by atoms with Gasteiger partial charge in [-0.15, -0.1) is 0 Å². The number of nitrogens with zero attached hydrogens (tertiary/aromatic N) is 3. The predicted molar refractivity (Wildman–Crippen MR) is 59.0 cm³/mol. The molecule has 16 heavy (non-hydrogen) atoms. The van der Waals surface area contributed by atoms with Crippen molar-refractivity contribution < 1.29 is 0 Å². The van der Waals surface area contributed by atoms with Crippen molar-refractivity contribution in [1.82, 2.24) is 9.97 Å². The summed E-state index contributed by atoms with van der Waals surface area (Å²) in [4.78, 5) is 7.11. The Morgan fingerprint density at radius 1 is 1.38 bits per heavy atom. The maximum Gasteiger partial charge on any atom is 0.145 e. The number of anilines is 1. The van der Waals surface area contributed by atoms with Gasteiger partial charge in [-0.2, -0.15) is 10.5 Å². The van der Waals surface area contributed by atoms with Crippen LogP contribution in [-0.2, 0) is 0 Å². The number of nitriles is 2. The summed E-state index contributed by atoms with van der Waals surface area (Å²) in [7, 11) is 0. The van der Waals surface area contributed by atoms with Crippen LogP contribution in [0.4, 0.5) is 5.69 Å². The van der Waals surface area contributed by atoms with Crippen molar-refractivity contribution in [1.29, 1.82) is 10.5 Å². The van der Waals surface area contributed by atoms with Gasteiger partial charge in [-0.05, 0) is 12.1 Å². The molecule has 2 rings (SSSR count). The van der Waals surface area contributed by atoms with Gasteiger partial charge in [-0.1, -0.05) is 6.07 Å². The van der Waals surface area contributed by atoms with E-state index in [9.17, 15) is 0 Å². The van der Waals surface area contributed by atoms with Crippen LogP contribution in [0.15, 0.2) is 36.3 Å². The molecule has 0 amide bonds. The molecule has 0 spiro atoms. The molecule has 2 N–H and O–H groups in total. The van der Waals surface area contributed by atoms with Gasteiger partial charge in [0, 0.05) is 6.20 Å². The molecule has 2 aromatic rings. The topological polar surface area (TPSA) is 88.3 Å². The van der Waals surface area contributed by atoms with Crippen LogP contribution in [-0.4, -0.2) is 9.97 Å². The molecule has 0 atom stereocenters.